The van der Waals surface area contributed by atoms with Crippen LogP contribution < -0.4 is 5.32 Å². The molecule has 26 heavy (non-hydrogen) atoms. The van der Waals surface area contributed by atoms with Gasteiger partial charge in [0, 0.05) is 41.3 Å². The lowest BCUT2D eigenvalue weighted by molar-refractivity contribution is -0.127. The van der Waals surface area contributed by atoms with Crippen LogP contribution in [-0.2, 0) is 9.59 Å². The average Bonchev–Trinajstić information content (AvgIpc) is 3.20. The lowest BCUT2D eigenvalue weighted by Crippen LogP contribution is -2.30. The second-order valence-corrected chi connectivity index (χ2v) is 7.02. The summed E-state index contributed by atoms with van der Waals surface area (Å²) in [6.07, 6.45) is 2.06. The fourth-order valence-corrected chi connectivity index (χ4v) is 3.71. The minimum absolute atomic E-state index is 0.0359. The Kier molecular flexibility index (Phi) is 4.17. The number of amides is 2. The molecule has 1 aromatic heterocycles. The molecule has 2 amide bonds. The summed E-state index contributed by atoms with van der Waals surface area (Å²) in [6, 6.07) is 14.7. The van der Waals surface area contributed by atoms with E-state index in [1.165, 1.54) is 0 Å². The Bertz CT molecular complexity index is 980. The molecule has 132 valence electrons. The molecule has 5 nitrogen and oxygen atoms in total. The summed E-state index contributed by atoms with van der Waals surface area (Å²) < 4.78 is 0. The van der Waals surface area contributed by atoms with Gasteiger partial charge in [-0.1, -0.05) is 23.7 Å². The van der Waals surface area contributed by atoms with Gasteiger partial charge in [-0.15, -0.1) is 0 Å². The van der Waals surface area contributed by atoms with Crippen LogP contribution in [0.15, 0.2) is 54.7 Å². The molecule has 1 fully saturated rings. The van der Waals surface area contributed by atoms with E-state index in [9.17, 15) is 9.59 Å². The molecule has 0 bridgehead atoms. The molecule has 0 aliphatic carbocycles. The zero-order valence-corrected chi connectivity index (χ0v) is 15.0. The number of rotatable bonds is 3. The Balaban J connectivity index is 1.60. The van der Waals surface area contributed by atoms with Gasteiger partial charge in [-0.25, -0.2) is 0 Å². The molecule has 0 saturated carbocycles. The smallest absolute Gasteiger partial charge is 0.230 e. The van der Waals surface area contributed by atoms with Crippen molar-refractivity contribution >= 4 is 40.0 Å². The summed E-state index contributed by atoms with van der Waals surface area (Å²) in [6.45, 7) is 0. The van der Waals surface area contributed by atoms with Crippen LogP contribution in [0.3, 0.4) is 0 Å². The predicted molar refractivity (Wildman–Crippen MR) is 102 cm³/mol. The molecular formula is C20H18ClN3O2. The predicted octanol–water partition coefficient (Wildman–Crippen LogP) is 3.98. The van der Waals surface area contributed by atoms with Crippen molar-refractivity contribution in [2.45, 2.75) is 12.5 Å². The zero-order chi connectivity index (χ0) is 18.3. The van der Waals surface area contributed by atoms with Crippen molar-refractivity contribution in [1.82, 2.24) is 9.88 Å². The third-order valence-corrected chi connectivity index (χ3v) is 5.21. The first-order valence-corrected chi connectivity index (χ1v) is 8.80. The highest BCUT2D eigenvalue weighted by atomic mass is 35.5. The van der Waals surface area contributed by atoms with E-state index in [0.29, 0.717) is 5.02 Å². The molecule has 0 radical (unpaired) electrons. The van der Waals surface area contributed by atoms with Crippen LogP contribution in [-0.4, -0.2) is 28.7 Å². The van der Waals surface area contributed by atoms with E-state index in [0.717, 1.165) is 22.2 Å². The summed E-state index contributed by atoms with van der Waals surface area (Å²) in [5.41, 5.74) is 2.64. The van der Waals surface area contributed by atoms with Crippen LogP contribution in [0.25, 0.3) is 10.9 Å². The minimum Gasteiger partial charge on any atom is -0.361 e. The third-order valence-electron chi connectivity index (χ3n) is 4.96. The second kappa shape index (κ2) is 6.50. The number of anilines is 1. The molecule has 4 rings (SSSR count). The summed E-state index contributed by atoms with van der Waals surface area (Å²) in [4.78, 5) is 29.9. The van der Waals surface area contributed by atoms with Crippen molar-refractivity contribution in [2.75, 3.05) is 12.4 Å². The Hall–Kier alpha value is -2.79. The van der Waals surface area contributed by atoms with Crippen LogP contribution in [0, 0.1) is 5.92 Å². The number of benzene rings is 2. The first kappa shape index (κ1) is 16.7. The number of carbonyl (C=O) groups excluding carboxylic acids is 2. The number of hydrogen-bond acceptors (Lipinski definition) is 2. The van der Waals surface area contributed by atoms with E-state index >= 15 is 0 Å². The van der Waals surface area contributed by atoms with Crippen molar-refractivity contribution < 1.29 is 9.59 Å². The van der Waals surface area contributed by atoms with Gasteiger partial charge in [-0.3, -0.25) is 9.59 Å². The largest absolute Gasteiger partial charge is 0.361 e. The SMILES string of the molecule is CN1C(=O)C[C@H](C(=O)Nc2ccc3[nH]ccc3c2)[C@H]1c1ccc(Cl)cc1. The third kappa shape index (κ3) is 2.95. The fraction of sp³-hybridized carbons (Fsp3) is 0.200. The molecule has 1 aliphatic heterocycles. The van der Waals surface area contributed by atoms with E-state index in [2.05, 4.69) is 10.3 Å². The van der Waals surface area contributed by atoms with Crippen molar-refractivity contribution in [3.05, 3.63) is 65.3 Å². The highest BCUT2D eigenvalue weighted by Crippen LogP contribution is 2.38. The van der Waals surface area contributed by atoms with Gasteiger partial charge in [0.25, 0.3) is 0 Å². The van der Waals surface area contributed by atoms with Crippen molar-refractivity contribution in [3.8, 4) is 0 Å². The topological polar surface area (TPSA) is 65.2 Å². The molecule has 1 saturated heterocycles. The number of halogens is 1. The first-order chi connectivity index (χ1) is 12.5. The molecule has 2 N–H and O–H groups in total. The van der Waals surface area contributed by atoms with Crippen LogP contribution in [0.5, 0.6) is 0 Å². The van der Waals surface area contributed by atoms with Crippen LogP contribution in [0.2, 0.25) is 5.02 Å². The van der Waals surface area contributed by atoms with E-state index in [4.69, 9.17) is 11.6 Å². The maximum absolute atomic E-state index is 12.9. The number of likely N-dealkylation sites (tertiary alicyclic amines) is 1. The monoisotopic (exact) mass is 367 g/mol. The minimum atomic E-state index is -0.449. The molecule has 2 atom stereocenters. The summed E-state index contributed by atoms with van der Waals surface area (Å²) in [5, 5.41) is 4.61. The van der Waals surface area contributed by atoms with Crippen LogP contribution in [0.4, 0.5) is 5.69 Å². The highest BCUT2D eigenvalue weighted by molar-refractivity contribution is 6.30. The van der Waals surface area contributed by atoms with E-state index in [1.807, 2.05) is 42.6 Å². The number of aromatic nitrogens is 1. The molecule has 1 aliphatic rings. The van der Waals surface area contributed by atoms with Gasteiger partial charge in [0.2, 0.25) is 11.8 Å². The maximum Gasteiger partial charge on any atom is 0.230 e. The normalized spacial score (nSPS) is 19.9. The van der Waals surface area contributed by atoms with Gasteiger partial charge < -0.3 is 15.2 Å². The van der Waals surface area contributed by atoms with Crippen molar-refractivity contribution in [1.29, 1.82) is 0 Å². The standard InChI is InChI=1S/C20H18ClN3O2/c1-24-18(25)11-16(19(24)12-2-4-14(21)5-3-12)20(26)23-15-6-7-17-13(10-15)8-9-22-17/h2-10,16,19,22H,11H2,1H3,(H,23,26)/t16-,19+/m0/s1. The zero-order valence-electron chi connectivity index (χ0n) is 14.2. The van der Waals surface area contributed by atoms with E-state index in [-0.39, 0.29) is 24.3 Å². The number of aromatic amines is 1. The number of fused-ring (bicyclic) bond motifs is 1. The van der Waals surface area contributed by atoms with Gasteiger partial charge in [0.05, 0.1) is 12.0 Å². The number of hydrogen-bond donors (Lipinski definition) is 2. The lowest BCUT2D eigenvalue weighted by Gasteiger charge is -2.25. The molecule has 0 unspecified atom stereocenters. The quantitative estimate of drug-likeness (QED) is 0.735. The number of carbonyl (C=O) groups is 2. The highest BCUT2D eigenvalue weighted by Gasteiger charge is 2.42. The maximum atomic E-state index is 12.9. The Morgan fingerprint density at radius 1 is 1.19 bits per heavy atom. The van der Waals surface area contributed by atoms with Gasteiger partial charge >= 0.3 is 0 Å². The summed E-state index contributed by atoms with van der Waals surface area (Å²) in [5.74, 6) is -0.640. The van der Waals surface area contributed by atoms with Gasteiger partial charge in [0.1, 0.15) is 0 Å². The van der Waals surface area contributed by atoms with Crippen LogP contribution >= 0.6 is 11.6 Å². The molecular weight excluding hydrogens is 350 g/mol. The average molecular weight is 368 g/mol. The van der Waals surface area contributed by atoms with Crippen molar-refractivity contribution in [3.63, 3.8) is 0 Å². The second-order valence-electron chi connectivity index (χ2n) is 6.58. The van der Waals surface area contributed by atoms with Gasteiger partial charge in [0.15, 0.2) is 0 Å². The molecule has 2 aromatic carbocycles. The molecule has 2 heterocycles. The summed E-state index contributed by atoms with van der Waals surface area (Å²) >= 11 is 5.97. The Labute approximate surface area is 155 Å². The molecule has 0 spiro atoms. The molecule has 3 aromatic rings. The van der Waals surface area contributed by atoms with Gasteiger partial charge in [-0.2, -0.15) is 0 Å². The van der Waals surface area contributed by atoms with E-state index in [1.54, 1.807) is 24.1 Å². The van der Waals surface area contributed by atoms with Crippen LogP contribution in [0.1, 0.15) is 18.0 Å². The van der Waals surface area contributed by atoms with E-state index < -0.39 is 5.92 Å². The van der Waals surface area contributed by atoms with Gasteiger partial charge in [-0.05, 0) is 42.0 Å². The Morgan fingerprint density at radius 2 is 1.96 bits per heavy atom. The summed E-state index contributed by atoms with van der Waals surface area (Å²) in [7, 11) is 1.74. The number of H-pyrrole nitrogens is 1. The fourth-order valence-electron chi connectivity index (χ4n) is 3.59. The Morgan fingerprint density at radius 3 is 2.73 bits per heavy atom. The molecule has 6 heteroatoms. The first-order valence-electron chi connectivity index (χ1n) is 8.42. The lowest BCUT2D eigenvalue weighted by atomic mass is 9.93. The number of nitrogens with zero attached hydrogens (tertiary/aromatic N) is 1. The van der Waals surface area contributed by atoms with Crippen molar-refractivity contribution in [2.24, 2.45) is 5.92 Å². The number of nitrogens with one attached hydrogen (secondary N) is 2.